The molecule has 2 aliphatic rings. The highest BCUT2D eigenvalue weighted by atomic mass is 32.2. The zero-order valence-electron chi connectivity index (χ0n) is 12.3. The van der Waals surface area contributed by atoms with Crippen LogP contribution in [0.15, 0.2) is 29.7 Å². The van der Waals surface area contributed by atoms with Crippen molar-refractivity contribution in [3.63, 3.8) is 0 Å². The number of amides is 1. The van der Waals surface area contributed by atoms with Crippen LogP contribution in [-0.4, -0.2) is 28.5 Å². The van der Waals surface area contributed by atoms with Crippen LogP contribution < -0.4 is 5.43 Å². The van der Waals surface area contributed by atoms with E-state index in [4.69, 9.17) is 5.41 Å². The van der Waals surface area contributed by atoms with Gasteiger partial charge in [0.25, 0.3) is 0 Å². The Balaban J connectivity index is 1.69. The summed E-state index contributed by atoms with van der Waals surface area (Å²) in [6, 6.07) is 8.35. The molecule has 1 aromatic carbocycles. The quantitative estimate of drug-likeness (QED) is 0.512. The third-order valence-electron chi connectivity index (χ3n) is 3.85. The maximum atomic E-state index is 11.7. The molecule has 0 saturated carbocycles. The lowest BCUT2D eigenvalue weighted by Gasteiger charge is -2.18. The molecule has 2 aliphatic heterocycles. The number of hydrazine groups is 1. The molecule has 2 heterocycles. The zero-order valence-corrected chi connectivity index (χ0v) is 13.1. The smallest absolute Gasteiger partial charge is 0.243 e. The van der Waals surface area contributed by atoms with Crippen LogP contribution in [0.2, 0.25) is 0 Å². The Morgan fingerprint density at radius 1 is 1.45 bits per heavy atom. The maximum absolute atomic E-state index is 11.7. The molecule has 2 N–H and O–H groups in total. The number of hydrogen-bond acceptors (Lipinski definition) is 4. The summed E-state index contributed by atoms with van der Waals surface area (Å²) in [4.78, 5) is 11.7. The molecule has 0 aromatic heterocycles. The largest absolute Gasteiger partial charge is 0.290 e. The summed E-state index contributed by atoms with van der Waals surface area (Å²) in [6.45, 7) is 1.84. The first-order valence-corrected chi connectivity index (χ1v) is 8.12. The maximum Gasteiger partial charge on any atom is 0.243 e. The fraction of sp³-hybridized carbons (Fsp3) is 0.294. The molecule has 4 nitrogen and oxygen atoms in total. The van der Waals surface area contributed by atoms with E-state index in [1.165, 1.54) is 16.1 Å². The Kier molecular flexibility index (Phi) is 4.32. The normalized spacial score (nSPS) is 24.0. The van der Waals surface area contributed by atoms with Crippen LogP contribution in [-0.2, 0) is 4.79 Å². The van der Waals surface area contributed by atoms with Gasteiger partial charge in [-0.2, -0.15) is 0 Å². The van der Waals surface area contributed by atoms with Crippen LogP contribution >= 0.6 is 11.8 Å². The number of nitrogens with zero attached hydrogens (tertiary/aromatic N) is 1. The molecule has 2 unspecified atom stereocenters. The summed E-state index contributed by atoms with van der Waals surface area (Å²) in [6.07, 6.45) is 2.42. The summed E-state index contributed by atoms with van der Waals surface area (Å²) < 4.78 is 0. The topological polar surface area (TPSA) is 56.2 Å². The molecule has 112 valence electrons. The Morgan fingerprint density at radius 2 is 2.32 bits per heavy atom. The average molecular weight is 311 g/mol. The molecule has 0 aliphatic carbocycles. The molecule has 0 bridgehead atoms. The van der Waals surface area contributed by atoms with E-state index in [1.807, 2.05) is 19.1 Å². The lowest BCUT2D eigenvalue weighted by atomic mass is 9.98. The van der Waals surface area contributed by atoms with E-state index in [9.17, 15) is 4.79 Å². The van der Waals surface area contributed by atoms with E-state index < -0.39 is 0 Å². The third kappa shape index (κ3) is 2.94. The van der Waals surface area contributed by atoms with E-state index in [2.05, 4.69) is 34.8 Å². The molecular weight excluding hydrogens is 294 g/mol. The molecule has 0 radical (unpaired) electrons. The Labute approximate surface area is 134 Å². The third-order valence-corrected chi connectivity index (χ3v) is 5.12. The van der Waals surface area contributed by atoms with Gasteiger partial charge in [0.1, 0.15) is 6.34 Å². The standard InChI is InChI=1S/C17H17N3OS/c1-2-4-12-5-3-6-13(7-12)14-8-16(22-10-14)15-9-17(21)20(11-18)19-15/h3,5-7,10-11,15-16,18-19H,8-9H2,1H3. The van der Waals surface area contributed by atoms with Crippen LogP contribution in [0, 0.1) is 17.3 Å². The van der Waals surface area contributed by atoms with Crippen LogP contribution in [0.25, 0.3) is 5.57 Å². The summed E-state index contributed by atoms with van der Waals surface area (Å²) >= 11 is 1.76. The van der Waals surface area contributed by atoms with Gasteiger partial charge in [-0.3, -0.25) is 10.2 Å². The van der Waals surface area contributed by atoms with E-state index >= 15 is 0 Å². The van der Waals surface area contributed by atoms with Crippen molar-refractivity contribution < 1.29 is 4.79 Å². The number of allylic oxidation sites excluding steroid dienone is 1. The zero-order chi connectivity index (χ0) is 15.5. The van der Waals surface area contributed by atoms with Gasteiger partial charge in [0.2, 0.25) is 5.91 Å². The fourth-order valence-corrected chi connectivity index (χ4v) is 3.95. The van der Waals surface area contributed by atoms with E-state index in [1.54, 1.807) is 11.8 Å². The highest BCUT2D eigenvalue weighted by Crippen LogP contribution is 2.39. The number of carbonyl (C=O) groups excluding carboxylic acids is 1. The Hall–Kier alpha value is -2.03. The summed E-state index contributed by atoms with van der Waals surface area (Å²) in [5.41, 5.74) is 6.61. The molecular formula is C17H17N3OS. The number of rotatable bonds is 3. The van der Waals surface area contributed by atoms with Crippen molar-refractivity contribution in [3.05, 3.63) is 40.8 Å². The molecule has 1 saturated heterocycles. The van der Waals surface area contributed by atoms with Gasteiger partial charge in [-0.25, -0.2) is 10.4 Å². The first kappa shape index (κ1) is 14.9. The molecule has 3 rings (SSSR count). The number of nitrogens with one attached hydrogen (secondary N) is 2. The van der Waals surface area contributed by atoms with Crippen molar-refractivity contribution in [1.82, 2.24) is 10.4 Å². The highest BCUT2D eigenvalue weighted by molar-refractivity contribution is 8.03. The average Bonchev–Trinajstić information content (AvgIpc) is 3.14. The second-order valence-corrected chi connectivity index (χ2v) is 6.42. The van der Waals surface area contributed by atoms with Gasteiger partial charge in [-0.05, 0) is 42.0 Å². The van der Waals surface area contributed by atoms with Gasteiger partial charge in [0.15, 0.2) is 0 Å². The molecule has 1 amide bonds. The van der Waals surface area contributed by atoms with Crippen molar-refractivity contribution in [1.29, 1.82) is 5.41 Å². The summed E-state index contributed by atoms with van der Waals surface area (Å²) in [5, 5.41) is 11.0. The minimum absolute atomic E-state index is 0.0331. The SMILES string of the molecule is CC#Cc1cccc(C2=CSC(C3CC(=O)N(C=N)N3)C2)c1. The number of benzene rings is 1. The molecule has 1 aromatic rings. The second-order valence-electron chi connectivity index (χ2n) is 5.31. The van der Waals surface area contributed by atoms with Gasteiger partial charge in [-0.1, -0.05) is 18.1 Å². The van der Waals surface area contributed by atoms with Crippen LogP contribution in [0.5, 0.6) is 0 Å². The second kappa shape index (κ2) is 6.39. The molecule has 2 atom stereocenters. The van der Waals surface area contributed by atoms with Crippen LogP contribution in [0.1, 0.15) is 30.9 Å². The first-order valence-electron chi connectivity index (χ1n) is 7.18. The monoisotopic (exact) mass is 311 g/mol. The van der Waals surface area contributed by atoms with E-state index in [0.717, 1.165) is 18.3 Å². The van der Waals surface area contributed by atoms with E-state index in [-0.39, 0.29) is 11.9 Å². The number of thioether (sulfide) groups is 1. The molecule has 0 spiro atoms. The summed E-state index contributed by atoms with van der Waals surface area (Å²) in [7, 11) is 0. The van der Waals surface area contributed by atoms with E-state index in [0.29, 0.717) is 11.7 Å². The lowest BCUT2D eigenvalue weighted by molar-refractivity contribution is -0.125. The van der Waals surface area contributed by atoms with Gasteiger partial charge in [0.05, 0.1) is 0 Å². The minimum Gasteiger partial charge on any atom is -0.290 e. The Bertz CT molecular complexity index is 701. The van der Waals surface area contributed by atoms with Crippen molar-refractivity contribution in [2.45, 2.75) is 31.1 Å². The lowest BCUT2D eigenvalue weighted by Crippen LogP contribution is -2.40. The molecule has 22 heavy (non-hydrogen) atoms. The Morgan fingerprint density at radius 3 is 3.05 bits per heavy atom. The molecule has 5 heteroatoms. The van der Waals surface area contributed by atoms with Crippen molar-refractivity contribution in [3.8, 4) is 11.8 Å². The van der Waals surface area contributed by atoms with Gasteiger partial charge in [-0.15, -0.1) is 17.7 Å². The van der Waals surface area contributed by atoms with Gasteiger partial charge in [0, 0.05) is 23.3 Å². The first-order chi connectivity index (χ1) is 10.7. The molecule has 1 fully saturated rings. The highest BCUT2D eigenvalue weighted by Gasteiger charge is 2.36. The van der Waals surface area contributed by atoms with Crippen LogP contribution in [0.3, 0.4) is 0 Å². The number of carbonyl (C=O) groups is 1. The predicted octanol–water partition coefficient (Wildman–Crippen LogP) is 2.62. The van der Waals surface area contributed by atoms with Crippen LogP contribution in [0.4, 0.5) is 0 Å². The van der Waals surface area contributed by atoms with Gasteiger partial charge >= 0.3 is 0 Å². The summed E-state index contributed by atoms with van der Waals surface area (Å²) in [5.74, 6) is 5.97. The minimum atomic E-state index is -0.0331. The fourth-order valence-electron chi connectivity index (χ4n) is 2.75. The van der Waals surface area contributed by atoms with Crippen molar-refractivity contribution >= 4 is 29.6 Å². The number of hydrogen-bond donors (Lipinski definition) is 2. The van der Waals surface area contributed by atoms with Crippen molar-refractivity contribution in [2.24, 2.45) is 0 Å². The van der Waals surface area contributed by atoms with Gasteiger partial charge < -0.3 is 0 Å². The predicted molar refractivity (Wildman–Crippen MR) is 90.1 cm³/mol. The van der Waals surface area contributed by atoms with Crippen molar-refractivity contribution in [2.75, 3.05) is 0 Å².